The number of hydrogen-bond donors (Lipinski definition) is 3. The van der Waals surface area contributed by atoms with E-state index in [-0.39, 0.29) is 6.42 Å². The van der Waals surface area contributed by atoms with Crippen LogP contribution in [0.5, 0.6) is 0 Å². The van der Waals surface area contributed by atoms with Gasteiger partial charge in [-0.05, 0) is 27.2 Å². The molecule has 5 heteroatoms. The van der Waals surface area contributed by atoms with Crippen molar-refractivity contribution in [3.05, 3.63) is 0 Å². The number of carboxylic acids is 1. The van der Waals surface area contributed by atoms with E-state index in [0.717, 1.165) is 0 Å². The summed E-state index contributed by atoms with van der Waals surface area (Å²) in [6, 6.07) is 0. The van der Waals surface area contributed by atoms with E-state index in [1.54, 1.807) is 11.8 Å². The van der Waals surface area contributed by atoms with Crippen molar-refractivity contribution in [1.29, 1.82) is 0 Å². The molecule has 0 heterocycles. The highest BCUT2D eigenvalue weighted by Crippen LogP contribution is 2.18. The molecule has 0 amide bonds. The maximum Gasteiger partial charge on any atom is 0.0742 e. The predicted octanol–water partition coefficient (Wildman–Crippen LogP) is -1.95. The Labute approximate surface area is 104 Å². The Morgan fingerprint density at radius 1 is 1.06 bits per heavy atom. The molecule has 3 N–H and O–H groups in total. The zero-order valence-corrected chi connectivity index (χ0v) is 11.5. The monoisotopic (exact) mass is 249 g/mol. The van der Waals surface area contributed by atoms with Crippen LogP contribution in [0.1, 0.15) is 34.1 Å². The molecule has 0 aliphatic carbocycles. The molecule has 0 bridgehead atoms. The second kappa shape index (κ2) is 10.5. The first-order chi connectivity index (χ1) is 7.97. The first-order valence-electron chi connectivity index (χ1n) is 6.24. The number of aliphatic hydroxyl groups excluding tert-OH is 2. The number of nitrogens with one attached hydrogen (secondary N) is 1. The third kappa shape index (κ3) is 6.61. The Morgan fingerprint density at radius 2 is 1.41 bits per heavy atom. The Kier molecular flexibility index (Phi) is 11.6. The molecule has 0 radical (unpaired) electrons. The van der Waals surface area contributed by atoms with Crippen LogP contribution < -0.4 is 10.0 Å². The average molecular weight is 249 g/mol. The maximum absolute atomic E-state index is 10.3. The van der Waals surface area contributed by atoms with Crippen LogP contribution in [0.15, 0.2) is 0 Å². The minimum Gasteiger partial charge on any atom is -0.549 e. The quantitative estimate of drug-likeness (QED) is 0.489. The fourth-order valence-corrected chi connectivity index (χ4v) is 1.30. The van der Waals surface area contributed by atoms with Crippen molar-refractivity contribution in [2.45, 2.75) is 34.1 Å². The number of rotatable bonds is 7. The van der Waals surface area contributed by atoms with Crippen LogP contribution in [0.3, 0.4) is 0 Å². The zero-order chi connectivity index (χ0) is 13.9. The van der Waals surface area contributed by atoms with Crippen molar-refractivity contribution in [1.82, 2.24) is 0 Å². The molecular weight excluding hydrogens is 222 g/mol. The van der Waals surface area contributed by atoms with Gasteiger partial charge in [-0.3, -0.25) is 0 Å². The van der Waals surface area contributed by atoms with Crippen molar-refractivity contribution in [2.24, 2.45) is 5.41 Å². The van der Waals surface area contributed by atoms with Crippen molar-refractivity contribution >= 4 is 5.97 Å². The summed E-state index contributed by atoms with van der Waals surface area (Å²) in [4.78, 5) is 12.0. The van der Waals surface area contributed by atoms with Gasteiger partial charge in [0.25, 0.3) is 0 Å². The van der Waals surface area contributed by atoms with Crippen LogP contribution in [0.25, 0.3) is 0 Å². The van der Waals surface area contributed by atoms with Gasteiger partial charge in [0.1, 0.15) is 0 Å². The number of hydrogen-bond acceptors (Lipinski definition) is 4. The van der Waals surface area contributed by atoms with Gasteiger partial charge in [0, 0.05) is 0 Å². The van der Waals surface area contributed by atoms with E-state index < -0.39 is 24.6 Å². The molecule has 0 aliphatic rings. The van der Waals surface area contributed by atoms with Crippen LogP contribution >= 0.6 is 0 Å². The first-order valence-corrected chi connectivity index (χ1v) is 6.24. The molecule has 17 heavy (non-hydrogen) atoms. The van der Waals surface area contributed by atoms with Gasteiger partial charge in [0.05, 0.1) is 44.2 Å². The number of quaternary nitrogens is 1. The first kappa shape index (κ1) is 18.7. The largest absolute Gasteiger partial charge is 0.549 e. The van der Waals surface area contributed by atoms with Crippen LogP contribution in [-0.2, 0) is 4.79 Å². The lowest BCUT2D eigenvalue weighted by molar-refractivity contribution is -0.894. The molecule has 5 nitrogen and oxygen atoms in total. The SMILES string of the molecule is CCC(CO)(CO)C(=O)[O-].CC[NH+](CC)CC. The highest BCUT2D eigenvalue weighted by atomic mass is 16.4. The van der Waals surface area contributed by atoms with E-state index in [1.165, 1.54) is 19.6 Å². The van der Waals surface area contributed by atoms with E-state index in [9.17, 15) is 9.90 Å². The third-order valence-corrected chi connectivity index (χ3v) is 3.22. The summed E-state index contributed by atoms with van der Waals surface area (Å²) in [5.74, 6) is -1.40. The fourth-order valence-electron chi connectivity index (χ4n) is 1.30. The summed E-state index contributed by atoms with van der Waals surface area (Å²) in [6.07, 6.45) is 0.169. The van der Waals surface area contributed by atoms with E-state index in [2.05, 4.69) is 20.8 Å². The Hall–Kier alpha value is -0.650. The van der Waals surface area contributed by atoms with Crippen LogP contribution in [0.2, 0.25) is 0 Å². The minimum absolute atomic E-state index is 0.169. The molecule has 0 rings (SSSR count). The van der Waals surface area contributed by atoms with Gasteiger partial charge in [0.15, 0.2) is 0 Å². The number of carbonyl (C=O) groups excluding carboxylic acids is 1. The molecule has 0 spiro atoms. The van der Waals surface area contributed by atoms with E-state index >= 15 is 0 Å². The number of carboxylic acid groups (broad SMARTS) is 1. The van der Waals surface area contributed by atoms with Crippen molar-refractivity contribution < 1.29 is 25.0 Å². The van der Waals surface area contributed by atoms with Gasteiger partial charge in [-0.1, -0.05) is 6.92 Å². The smallest absolute Gasteiger partial charge is 0.0742 e. The molecule has 0 aromatic rings. The van der Waals surface area contributed by atoms with Crippen LogP contribution in [0.4, 0.5) is 0 Å². The number of aliphatic carboxylic acids is 1. The number of carbonyl (C=O) groups is 1. The molecule has 0 unspecified atom stereocenters. The summed E-state index contributed by atoms with van der Waals surface area (Å²) in [5, 5.41) is 27.4. The molecule has 0 fully saturated rings. The fraction of sp³-hybridized carbons (Fsp3) is 0.917. The lowest BCUT2D eigenvalue weighted by Gasteiger charge is -2.28. The summed E-state index contributed by atoms with van der Waals surface area (Å²) in [7, 11) is 0. The van der Waals surface area contributed by atoms with E-state index in [0.29, 0.717) is 0 Å². The van der Waals surface area contributed by atoms with Gasteiger partial charge in [-0.2, -0.15) is 0 Å². The Morgan fingerprint density at radius 3 is 1.41 bits per heavy atom. The topological polar surface area (TPSA) is 85.0 Å². The van der Waals surface area contributed by atoms with Gasteiger partial charge < -0.3 is 25.0 Å². The third-order valence-electron chi connectivity index (χ3n) is 3.22. The lowest BCUT2D eigenvalue weighted by atomic mass is 9.87. The summed E-state index contributed by atoms with van der Waals surface area (Å²) in [6.45, 7) is 10.9. The summed E-state index contributed by atoms with van der Waals surface area (Å²) < 4.78 is 0. The molecule has 0 saturated carbocycles. The normalized spacial score (nSPS) is 11.0. The Bertz CT molecular complexity index is 175. The molecule has 0 aromatic carbocycles. The van der Waals surface area contributed by atoms with Crippen molar-refractivity contribution in [3.8, 4) is 0 Å². The second-order valence-corrected chi connectivity index (χ2v) is 4.05. The lowest BCUT2D eigenvalue weighted by Crippen LogP contribution is -3.11. The van der Waals surface area contributed by atoms with Gasteiger partial charge in [0.2, 0.25) is 0 Å². The van der Waals surface area contributed by atoms with Crippen LogP contribution in [-0.4, -0.2) is 49.0 Å². The van der Waals surface area contributed by atoms with Gasteiger partial charge in [-0.15, -0.1) is 0 Å². The van der Waals surface area contributed by atoms with Crippen molar-refractivity contribution in [3.63, 3.8) is 0 Å². The Balaban J connectivity index is 0. The van der Waals surface area contributed by atoms with Gasteiger partial charge >= 0.3 is 0 Å². The molecule has 0 atom stereocenters. The van der Waals surface area contributed by atoms with Crippen LogP contribution in [0, 0.1) is 5.41 Å². The maximum atomic E-state index is 10.3. The molecule has 104 valence electrons. The molecule has 0 aliphatic heterocycles. The van der Waals surface area contributed by atoms with E-state index in [4.69, 9.17) is 10.2 Å². The highest BCUT2D eigenvalue weighted by Gasteiger charge is 2.27. The average Bonchev–Trinajstić information content (AvgIpc) is 2.35. The van der Waals surface area contributed by atoms with Gasteiger partial charge in [-0.25, -0.2) is 0 Å². The summed E-state index contributed by atoms with van der Waals surface area (Å²) >= 11 is 0. The predicted molar refractivity (Wildman–Crippen MR) is 64.5 cm³/mol. The standard InChI is InChI=1S/C6H15N.C6H12O4/c1-4-7(5-2)6-3;1-2-6(3-7,4-8)5(9)10/h4-6H2,1-3H3;7-8H,2-4H2,1H3,(H,9,10). The molecule has 0 aromatic heterocycles. The van der Waals surface area contributed by atoms with E-state index in [1.807, 2.05) is 0 Å². The highest BCUT2D eigenvalue weighted by molar-refractivity contribution is 5.72. The summed E-state index contributed by atoms with van der Waals surface area (Å²) in [5.41, 5.74) is -1.46. The molecular formula is C12H27NO4. The number of aliphatic hydroxyl groups is 2. The van der Waals surface area contributed by atoms with Crippen molar-refractivity contribution in [2.75, 3.05) is 32.8 Å². The minimum atomic E-state index is -1.46. The molecule has 0 saturated heterocycles. The zero-order valence-electron chi connectivity index (χ0n) is 11.5. The second-order valence-electron chi connectivity index (χ2n) is 4.05.